The van der Waals surface area contributed by atoms with Crippen LogP contribution in [0.1, 0.15) is 25.7 Å². The van der Waals surface area contributed by atoms with Gasteiger partial charge in [0.1, 0.15) is 6.54 Å². The summed E-state index contributed by atoms with van der Waals surface area (Å²) in [5, 5.41) is 7.51. The standard InChI is InChI=1S/C14H22N4O/c19-14(11-17-9-1-6-16-17)18(13-2-3-13)10-12-4-7-15-8-5-12/h1,6,9,12-13,15H,2-5,7-8,10-11H2. The molecule has 0 aromatic carbocycles. The van der Waals surface area contributed by atoms with Gasteiger partial charge in [-0.3, -0.25) is 9.48 Å². The van der Waals surface area contributed by atoms with Gasteiger partial charge in [-0.25, -0.2) is 0 Å². The van der Waals surface area contributed by atoms with Crippen molar-refractivity contribution in [3.8, 4) is 0 Å². The lowest BCUT2D eigenvalue weighted by Gasteiger charge is -2.30. The minimum absolute atomic E-state index is 0.227. The molecule has 0 atom stereocenters. The van der Waals surface area contributed by atoms with Crippen molar-refractivity contribution in [1.82, 2.24) is 20.0 Å². The van der Waals surface area contributed by atoms with E-state index in [1.54, 1.807) is 10.9 Å². The molecule has 3 rings (SSSR count). The Morgan fingerprint density at radius 1 is 1.32 bits per heavy atom. The van der Waals surface area contributed by atoms with Crippen LogP contribution in [0.3, 0.4) is 0 Å². The van der Waals surface area contributed by atoms with Crippen LogP contribution in [0.2, 0.25) is 0 Å². The Bertz CT molecular complexity index is 407. The molecule has 1 N–H and O–H groups in total. The zero-order valence-corrected chi connectivity index (χ0v) is 11.3. The van der Waals surface area contributed by atoms with Crippen LogP contribution in [0, 0.1) is 5.92 Å². The van der Waals surface area contributed by atoms with Crippen LogP contribution in [-0.4, -0.2) is 46.3 Å². The average Bonchev–Trinajstić information content (AvgIpc) is 3.15. The lowest BCUT2D eigenvalue weighted by Crippen LogP contribution is -2.42. The predicted molar refractivity (Wildman–Crippen MR) is 72.6 cm³/mol. The summed E-state index contributed by atoms with van der Waals surface area (Å²) in [6, 6.07) is 2.36. The van der Waals surface area contributed by atoms with Crippen LogP contribution < -0.4 is 5.32 Å². The molecule has 1 aromatic rings. The van der Waals surface area contributed by atoms with E-state index in [0.717, 1.165) is 19.6 Å². The van der Waals surface area contributed by atoms with Crippen molar-refractivity contribution in [2.45, 2.75) is 38.3 Å². The van der Waals surface area contributed by atoms with E-state index in [9.17, 15) is 4.79 Å². The van der Waals surface area contributed by atoms with Gasteiger partial charge in [0.15, 0.2) is 0 Å². The maximum absolute atomic E-state index is 12.4. The number of carbonyl (C=O) groups excluding carboxylic acids is 1. The Morgan fingerprint density at radius 2 is 2.11 bits per heavy atom. The van der Waals surface area contributed by atoms with Gasteiger partial charge in [-0.05, 0) is 50.8 Å². The van der Waals surface area contributed by atoms with Crippen molar-refractivity contribution in [3.05, 3.63) is 18.5 Å². The first-order valence-electron chi connectivity index (χ1n) is 7.30. The summed E-state index contributed by atoms with van der Waals surface area (Å²) < 4.78 is 1.72. The molecule has 104 valence electrons. The molecule has 5 heteroatoms. The Balaban J connectivity index is 1.58. The molecule has 1 aliphatic heterocycles. The molecule has 2 heterocycles. The van der Waals surface area contributed by atoms with Gasteiger partial charge in [-0.1, -0.05) is 0 Å². The van der Waals surface area contributed by atoms with Crippen molar-refractivity contribution in [3.63, 3.8) is 0 Å². The second-order valence-electron chi connectivity index (χ2n) is 5.67. The number of aromatic nitrogens is 2. The van der Waals surface area contributed by atoms with E-state index in [0.29, 0.717) is 18.5 Å². The van der Waals surface area contributed by atoms with Crippen LogP contribution in [-0.2, 0) is 11.3 Å². The van der Waals surface area contributed by atoms with E-state index in [2.05, 4.69) is 15.3 Å². The zero-order chi connectivity index (χ0) is 13.1. The molecular formula is C14H22N4O. The van der Waals surface area contributed by atoms with Crippen molar-refractivity contribution >= 4 is 5.91 Å². The summed E-state index contributed by atoms with van der Waals surface area (Å²) in [4.78, 5) is 14.5. The van der Waals surface area contributed by atoms with Crippen LogP contribution in [0.5, 0.6) is 0 Å². The highest BCUT2D eigenvalue weighted by Crippen LogP contribution is 2.29. The molecule has 1 aliphatic carbocycles. The monoisotopic (exact) mass is 262 g/mol. The van der Waals surface area contributed by atoms with Gasteiger partial charge in [-0.2, -0.15) is 5.10 Å². The normalized spacial score (nSPS) is 20.4. The van der Waals surface area contributed by atoms with Gasteiger partial charge in [0, 0.05) is 25.0 Å². The lowest BCUT2D eigenvalue weighted by molar-refractivity contribution is -0.133. The van der Waals surface area contributed by atoms with Gasteiger partial charge in [-0.15, -0.1) is 0 Å². The SMILES string of the molecule is O=C(Cn1cccn1)N(CC1CCNCC1)C1CC1. The van der Waals surface area contributed by atoms with E-state index < -0.39 is 0 Å². The highest BCUT2D eigenvalue weighted by Gasteiger charge is 2.34. The summed E-state index contributed by atoms with van der Waals surface area (Å²) in [7, 11) is 0. The highest BCUT2D eigenvalue weighted by atomic mass is 16.2. The molecule has 1 amide bonds. The Morgan fingerprint density at radius 3 is 2.74 bits per heavy atom. The zero-order valence-electron chi connectivity index (χ0n) is 11.3. The largest absolute Gasteiger partial charge is 0.338 e. The molecule has 0 spiro atoms. The molecule has 0 bridgehead atoms. The Kier molecular flexibility index (Phi) is 3.82. The molecule has 1 saturated heterocycles. The minimum atomic E-state index is 0.227. The summed E-state index contributed by atoms with van der Waals surface area (Å²) in [6.45, 7) is 3.51. The third kappa shape index (κ3) is 3.35. The van der Waals surface area contributed by atoms with E-state index in [4.69, 9.17) is 0 Å². The maximum atomic E-state index is 12.4. The van der Waals surface area contributed by atoms with Crippen LogP contribution in [0.15, 0.2) is 18.5 Å². The first kappa shape index (κ1) is 12.7. The topological polar surface area (TPSA) is 50.2 Å². The highest BCUT2D eigenvalue weighted by molar-refractivity contribution is 5.76. The van der Waals surface area contributed by atoms with Crippen LogP contribution in [0.4, 0.5) is 0 Å². The molecule has 0 radical (unpaired) electrons. The lowest BCUT2D eigenvalue weighted by atomic mass is 9.97. The third-order valence-electron chi connectivity index (χ3n) is 4.08. The fourth-order valence-electron chi connectivity index (χ4n) is 2.81. The predicted octanol–water partition coefficient (Wildman–Crippen LogP) is 0.874. The first-order chi connectivity index (χ1) is 9.33. The number of amides is 1. The summed E-state index contributed by atoms with van der Waals surface area (Å²) in [6.07, 6.45) is 8.32. The van der Waals surface area contributed by atoms with Crippen molar-refractivity contribution in [2.75, 3.05) is 19.6 Å². The number of nitrogens with one attached hydrogen (secondary N) is 1. The van der Waals surface area contributed by atoms with Crippen molar-refractivity contribution < 1.29 is 4.79 Å². The van der Waals surface area contributed by atoms with E-state index >= 15 is 0 Å². The molecule has 5 nitrogen and oxygen atoms in total. The van der Waals surface area contributed by atoms with Crippen LogP contribution in [0.25, 0.3) is 0 Å². The number of rotatable bonds is 5. The van der Waals surface area contributed by atoms with Crippen LogP contribution >= 0.6 is 0 Å². The third-order valence-corrected chi connectivity index (χ3v) is 4.08. The average molecular weight is 262 g/mol. The molecular weight excluding hydrogens is 240 g/mol. The Hall–Kier alpha value is -1.36. The number of piperidine rings is 1. The smallest absolute Gasteiger partial charge is 0.244 e. The van der Waals surface area contributed by atoms with E-state index in [1.807, 2.05) is 12.3 Å². The molecule has 1 saturated carbocycles. The number of hydrogen-bond acceptors (Lipinski definition) is 3. The molecule has 0 unspecified atom stereocenters. The molecule has 1 aromatic heterocycles. The summed E-state index contributed by atoms with van der Waals surface area (Å²) >= 11 is 0. The Labute approximate surface area is 114 Å². The second kappa shape index (κ2) is 5.74. The van der Waals surface area contributed by atoms with Gasteiger partial charge >= 0.3 is 0 Å². The molecule has 19 heavy (non-hydrogen) atoms. The minimum Gasteiger partial charge on any atom is -0.338 e. The second-order valence-corrected chi connectivity index (χ2v) is 5.67. The summed E-state index contributed by atoms with van der Waals surface area (Å²) in [5.74, 6) is 0.896. The van der Waals surface area contributed by atoms with Crippen molar-refractivity contribution in [2.24, 2.45) is 5.92 Å². The fourth-order valence-corrected chi connectivity index (χ4v) is 2.81. The van der Waals surface area contributed by atoms with Crippen molar-refractivity contribution in [1.29, 1.82) is 0 Å². The van der Waals surface area contributed by atoms with Gasteiger partial charge < -0.3 is 10.2 Å². The quantitative estimate of drug-likeness (QED) is 0.857. The first-order valence-corrected chi connectivity index (χ1v) is 7.30. The number of hydrogen-bond donors (Lipinski definition) is 1. The fraction of sp³-hybridized carbons (Fsp3) is 0.714. The molecule has 2 aliphatic rings. The number of nitrogens with zero attached hydrogens (tertiary/aromatic N) is 3. The van der Waals surface area contributed by atoms with Gasteiger partial charge in [0.2, 0.25) is 5.91 Å². The van der Waals surface area contributed by atoms with Gasteiger partial charge in [0.05, 0.1) is 0 Å². The van der Waals surface area contributed by atoms with E-state index in [1.165, 1.54) is 25.7 Å². The van der Waals surface area contributed by atoms with E-state index in [-0.39, 0.29) is 5.91 Å². The van der Waals surface area contributed by atoms with Gasteiger partial charge in [0.25, 0.3) is 0 Å². The number of carbonyl (C=O) groups is 1. The summed E-state index contributed by atoms with van der Waals surface area (Å²) in [5.41, 5.74) is 0. The maximum Gasteiger partial charge on any atom is 0.244 e. The molecule has 2 fully saturated rings.